The Morgan fingerprint density at radius 2 is 2.25 bits per heavy atom. The topological polar surface area (TPSA) is 54.4 Å². The van der Waals surface area contributed by atoms with E-state index in [2.05, 4.69) is 15.9 Å². The molecule has 2 unspecified atom stereocenters. The van der Waals surface area contributed by atoms with Crippen molar-refractivity contribution in [2.45, 2.75) is 17.9 Å². The minimum atomic E-state index is -1.62. The molecule has 0 saturated heterocycles. The van der Waals surface area contributed by atoms with E-state index in [-0.39, 0.29) is 11.3 Å². The number of carbonyl (C=O) groups is 1. The summed E-state index contributed by atoms with van der Waals surface area (Å²) in [6.07, 6.45) is 0. The van der Waals surface area contributed by atoms with Crippen molar-refractivity contribution in [1.82, 2.24) is 0 Å². The van der Waals surface area contributed by atoms with Gasteiger partial charge in [-0.3, -0.25) is 9.00 Å². The molecule has 0 aliphatic rings. The van der Waals surface area contributed by atoms with Gasteiger partial charge in [-0.1, -0.05) is 15.9 Å². The van der Waals surface area contributed by atoms with Crippen LogP contribution < -0.4 is 0 Å². The quantitative estimate of drug-likeness (QED) is 0.928. The molecule has 0 heterocycles. The molecule has 6 heteroatoms. The second-order valence-corrected chi connectivity index (χ2v) is 5.91. The smallest absolute Gasteiger partial charge is 0.318 e. The fourth-order valence-electron chi connectivity index (χ4n) is 1.04. The van der Waals surface area contributed by atoms with Crippen molar-refractivity contribution in [3.63, 3.8) is 0 Å². The Hall–Kier alpha value is -0.750. The summed E-state index contributed by atoms with van der Waals surface area (Å²) in [7, 11) is -1.62. The van der Waals surface area contributed by atoms with Crippen molar-refractivity contribution in [3.05, 3.63) is 34.1 Å². The SMILES string of the molecule is CC(C(=O)O)S(=O)Cc1cc(Br)ccc1F. The molecule has 1 N–H and O–H groups in total. The average Bonchev–Trinajstić information content (AvgIpc) is 2.22. The van der Waals surface area contributed by atoms with Crippen molar-refractivity contribution in [2.75, 3.05) is 0 Å². The predicted octanol–water partition coefficient (Wildman–Crippen LogP) is 2.31. The summed E-state index contributed by atoms with van der Waals surface area (Å²) >= 11 is 3.17. The van der Waals surface area contributed by atoms with Gasteiger partial charge in [-0.25, -0.2) is 4.39 Å². The Morgan fingerprint density at radius 1 is 1.62 bits per heavy atom. The molecule has 0 saturated carbocycles. The average molecular weight is 309 g/mol. The number of hydrogen-bond acceptors (Lipinski definition) is 2. The molecule has 0 aliphatic carbocycles. The van der Waals surface area contributed by atoms with Gasteiger partial charge in [0.2, 0.25) is 0 Å². The molecule has 2 atom stereocenters. The number of carboxylic acids is 1. The van der Waals surface area contributed by atoms with E-state index in [0.29, 0.717) is 4.47 Å². The van der Waals surface area contributed by atoms with Gasteiger partial charge in [0.15, 0.2) is 0 Å². The van der Waals surface area contributed by atoms with Crippen LogP contribution in [-0.4, -0.2) is 20.5 Å². The van der Waals surface area contributed by atoms with E-state index >= 15 is 0 Å². The third-order valence-electron chi connectivity index (χ3n) is 2.05. The number of aliphatic carboxylic acids is 1. The maximum atomic E-state index is 13.3. The molecule has 0 radical (unpaired) electrons. The molecule has 0 aromatic heterocycles. The first-order chi connectivity index (χ1) is 7.41. The predicted molar refractivity (Wildman–Crippen MR) is 63.0 cm³/mol. The van der Waals surface area contributed by atoms with Gasteiger partial charge in [-0.05, 0) is 25.1 Å². The van der Waals surface area contributed by atoms with Crippen molar-refractivity contribution >= 4 is 32.7 Å². The molecular weight excluding hydrogens is 299 g/mol. The van der Waals surface area contributed by atoms with Crippen LogP contribution >= 0.6 is 15.9 Å². The van der Waals surface area contributed by atoms with Gasteiger partial charge >= 0.3 is 5.97 Å². The number of carboxylic acid groups (broad SMARTS) is 1. The van der Waals surface area contributed by atoms with Gasteiger partial charge in [0.1, 0.15) is 11.1 Å². The summed E-state index contributed by atoms with van der Waals surface area (Å²) in [5.74, 6) is -1.72. The molecule has 1 rings (SSSR count). The molecule has 0 spiro atoms. The zero-order valence-electron chi connectivity index (χ0n) is 8.44. The Morgan fingerprint density at radius 3 is 2.81 bits per heavy atom. The highest BCUT2D eigenvalue weighted by Crippen LogP contribution is 2.18. The van der Waals surface area contributed by atoms with Crippen LogP contribution in [-0.2, 0) is 21.3 Å². The fraction of sp³-hybridized carbons (Fsp3) is 0.300. The molecule has 16 heavy (non-hydrogen) atoms. The van der Waals surface area contributed by atoms with E-state index in [9.17, 15) is 13.4 Å². The minimum Gasteiger partial charge on any atom is -0.480 e. The number of rotatable bonds is 4. The first-order valence-electron chi connectivity index (χ1n) is 4.45. The maximum absolute atomic E-state index is 13.3. The summed E-state index contributed by atoms with van der Waals surface area (Å²) in [6, 6.07) is 4.28. The van der Waals surface area contributed by atoms with Crippen LogP contribution in [0.1, 0.15) is 12.5 Å². The standard InChI is InChI=1S/C10H10BrFO3S/c1-6(10(13)14)16(15)5-7-4-8(11)2-3-9(7)12/h2-4,6H,5H2,1H3,(H,13,14). The summed E-state index contributed by atoms with van der Waals surface area (Å²) in [4.78, 5) is 10.6. The molecule has 0 amide bonds. The molecule has 0 fully saturated rings. The number of hydrogen-bond donors (Lipinski definition) is 1. The van der Waals surface area contributed by atoms with E-state index in [1.165, 1.54) is 25.1 Å². The lowest BCUT2D eigenvalue weighted by atomic mass is 10.2. The normalized spacial score (nSPS) is 14.4. The summed E-state index contributed by atoms with van der Waals surface area (Å²) in [5.41, 5.74) is 0.251. The molecule has 0 bridgehead atoms. The third-order valence-corrected chi connectivity index (χ3v) is 4.13. The van der Waals surface area contributed by atoms with Gasteiger partial charge in [0.25, 0.3) is 0 Å². The first-order valence-corrected chi connectivity index (χ1v) is 6.63. The Labute approximate surface area is 103 Å². The highest BCUT2D eigenvalue weighted by molar-refractivity contribution is 9.10. The van der Waals surface area contributed by atoms with E-state index in [0.717, 1.165) is 0 Å². The molecule has 1 aromatic carbocycles. The van der Waals surface area contributed by atoms with Gasteiger partial charge in [0.05, 0.1) is 5.75 Å². The highest BCUT2D eigenvalue weighted by Gasteiger charge is 2.20. The zero-order valence-corrected chi connectivity index (χ0v) is 10.8. The Bertz CT molecular complexity index is 436. The second kappa shape index (κ2) is 5.54. The van der Waals surface area contributed by atoms with Crippen LogP contribution in [0.3, 0.4) is 0 Å². The van der Waals surface area contributed by atoms with Crippen molar-refractivity contribution in [2.24, 2.45) is 0 Å². The maximum Gasteiger partial charge on any atom is 0.318 e. The van der Waals surface area contributed by atoms with Gasteiger partial charge in [-0.2, -0.15) is 0 Å². The van der Waals surface area contributed by atoms with E-state index < -0.39 is 27.8 Å². The van der Waals surface area contributed by atoms with Crippen LogP contribution in [0.2, 0.25) is 0 Å². The van der Waals surface area contributed by atoms with Crippen LogP contribution in [0.25, 0.3) is 0 Å². The third kappa shape index (κ3) is 3.38. The van der Waals surface area contributed by atoms with E-state index in [1.54, 1.807) is 0 Å². The largest absolute Gasteiger partial charge is 0.480 e. The van der Waals surface area contributed by atoms with Crippen molar-refractivity contribution in [3.8, 4) is 0 Å². The zero-order chi connectivity index (χ0) is 12.3. The molecule has 0 aliphatic heterocycles. The van der Waals surface area contributed by atoms with Crippen molar-refractivity contribution < 1.29 is 18.5 Å². The monoisotopic (exact) mass is 308 g/mol. The van der Waals surface area contributed by atoms with E-state index in [4.69, 9.17) is 5.11 Å². The lowest BCUT2D eigenvalue weighted by Crippen LogP contribution is -2.23. The lowest BCUT2D eigenvalue weighted by molar-refractivity contribution is -0.136. The molecule has 88 valence electrons. The Balaban J connectivity index is 2.84. The Kier molecular flexibility index (Phi) is 4.61. The van der Waals surface area contributed by atoms with Crippen LogP contribution in [0.15, 0.2) is 22.7 Å². The summed E-state index contributed by atoms with van der Waals surface area (Å²) in [6.45, 7) is 1.34. The fourth-order valence-corrected chi connectivity index (χ4v) is 2.46. The van der Waals surface area contributed by atoms with Crippen LogP contribution in [0.5, 0.6) is 0 Å². The summed E-state index contributed by atoms with van der Waals surface area (Å²) < 4.78 is 25.5. The van der Waals surface area contributed by atoms with E-state index in [1.807, 2.05) is 0 Å². The number of benzene rings is 1. The molecular formula is C10H10BrFO3S. The highest BCUT2D eigenvalue weighted by atomic mass is 79.9. The van der Waals surface area contributed by atoms with Gasteiger partial charge in [-0.15, -0.1) is 0 Å². The number of halogens is 2. The second-order valence-electron chi connectivity index (χ2n) is 3.24. The van der Waals surface area contributed by atoms with Gasteiger partial charge in [0, 0.05) is 20.8 Å². The minimum absolute atomic E-state index is 0.0985. The molecule has 3 nitrogen and oxygen atoms in total. The molecule has 1 aromatic rings. The van der Waals surface area contributed by atoms with Crippen molar-refractivity contribution in [1.29, 1.82) is 0 Å². The lowest BCUT2D eigenvalue weighted by Gasteiger charge is -2.07. The van der Waals surface area contributed by atoms with Gasteiger partial charge < -0.3 is 5.11 Å². The first kappa shape index (κ1) is 13.3. The van der Waals surface area contributed by atoms with Crippen LogP contribution in [0.4, 0.5) is 4.39 Å². The summed E-state index contributed by atoms with van der Waals surface area (Å²) in [5, 5.41) is 7.66. The van der Waals surface area contributed by atoms with Crippen LogP contribution in [0, 0.1) is 5.82 Å².